The van der Waals surface area contributed by atoms with Crippen LogP contribution in [0.1, 0.15) is 56.9 Å². The van der Waals surface area contributed by atoms with Crippen molar-refractivity contribution < 1.29 is 9.50 Å². The van der Waals surface area contributed by atoms with Crippen LogP contribution in [0.15, 0.2) is 18.2 Å². The molecule has 2 atom stereocenters. The van der Waals surface area contributed by atoms with Crippen LogP contribution in [-0.2, 0) is 0 Å². The Morgan fingerprint density at radius 2 is 1.95 bits per heavy atom. The van der Waals surface area contributed by atoms with Gasteiger partial charge in [-0.15, -0.1) is 0 Å². The lowest BCUT2D eigenvalue weighted by atomic mass is 9.90. The summed E-state index contributed by atoms with van der Waals surface area (Å²) >= 11 is 6.04. The first kappa shape index (κ1) is 17.4. The molecule has 3 N–H and O–H groups in total. The maximum atomic E-state index is 13.1. The summed E-state index contributed by atoms with van der Waals surface area (Å²) in [4.78, 5) is 0. The molecule has 0 spiro atoms. The number of hydrogen-bond acceptors (Lipinski definition) is 2. The fourth-order valence-corrected chi connectivity index (χ4v) is 2.76. The Hall–Kier alpha value is -0.640. The zero-order chi connectivity index (χ0) is 15.0. The first-order chi connectivity index (χ1) is 9.60. The third-order valence-electron chi connectivity index (χ3n) is 3.68. The molecule has 0 saturated heterocycles. The van der Waals surface area contributed by atoms with Crippen molar-refractivity contribution in [1.29, 1.82) is 0 Å². The van der Waals surface area contributed by atoms with Crippen molar-refractivity contribution in [3.05, 3.63) is 34.6 Å². The lowest BCUT2D eigenvalue weighted by Gasteiger charge is -2.23. The molecule has 1 aromatic carbocycles. The number of aliphatic hydroxyl groups is 1. The Kier molecular flexibility index (Phi) is 8.12. The number of aliphatic hydroxyl groups excluding tert-OH is 1. The summed E-state index contributed by atoms with van der Waals surface area (Å²) in [5.41, 5.74) is 6.49. The quantitative estimate of drug-likeness (QED) is 0.670. The van der Waals surface area contributed by atoms with E-state index in [0.717, 1.165) is 18.4 Å². The van der Waals surface area contributed by atoms with Gasteiger partial charge in [0.2, 0.25) is 0 Å². The number of nitrogens with two attached hydrogens (primary N) is 1. The van der Waals surface area contributed by atoms with E-state index in [0.29, 0.717) is 18.0 Å². The summed E-state index contributed by atoms with van der Waals surface area (Å²) in [7, 11) is 0. The summed E-state index contributed by atoms with van der Waals surface area (Å²) < 4.78 is 13.1. The second kappa shape index (κ2) is 9.32. The predicted octanol–water partition coefficient (Wildman–Crippen LogP) is 4.24. The molecule has 0 aliphatic carbocycles. The van der Waals surface area contributed by atoms with Crippen molar-refractivity contribution in [3.63, 3.8) is 0 Å². The highest BCUT2D eigenvalue weighted by molar-refractivity contribution is 6.31. The summed E-state index contributed by atoms with van der Waals surface area (Å²) in [6, 6.07) is 4.25. The number of unbranched alkanes of at least 4 members (excludes halogenated alkanes) is 4. The Labute approximate surface area is 126 Å². The van der Waals surface area contributed by atoms with Crippen LogP contribution in [-0.4, -0.2) is 17.8 Å². The van der Waals surface area contributed by atoms with E-state index in [-0.39, 0.29) is 11.7 Å². The molecule has 0 bridgehead atoms. The standard InChI is InChI=1S/C16H25ClFNO/c1-2-3-4-5-6-7-16(20)14(11-19)13-9-8-12(18)10-15(13)17/h8-10,14,16,20H,2-7,11,19H2,1H3. The Balaban J connectivity index is 2.56. The van der Waals surface area contributed by atoms with Crippen LogP contribution >= 0.6 is 11.6 Å². The minimum Gasteiger partial charge on any atom is -0.392 e. The Morgan fingerprint density at radius 1 is 1.25 bits per heavy atom. The molecular formula is C16H25ClFNO. The Bertz CT molecular complexity index is 400. The zero-order valence-electron chi connectivity index (χ0n) is 12.1. The van der Waals surface area contributed by atoms with E-state index in [1.54, 1.807) is 6.07 Å². The number of rotatable bonds is 9. The summed E-state index contributed by atoms with van der Waals surface area (Å²) in [6.07, 6.45) is 5.94. The van der Waals surface area contributed by atoms with Crippen LogP contribution < -0.4 is 5.73 Å². The van der Waals surface area contributed by atoms with Crippen LogP contribution in [0.3, 0.4) is 0 Å². The predicted molar refractivity (Wildman–Crippen MR) is 82.6 cm³/mol. The second-order valence-corrected chi connectivity index (χ2v) is 5.69. The minimum atomic E-state index is -0.524. The average Bonchev–Trinajstić information content (AvgIpc) is 2.41. The van der Waals surface area contributed by atoms with Gasteiger partial charge in [0, 0.05) is 17.5 Å². The van der Waals surface area contributed by atoms with Gasteiger partial charge in [-0.2, -0.15) is 0 Å². The molecule has 0 fully saturated rings. The molecular weight excluding hydrogens is 277 g/mol. The normalized spacial score (nSPS) is 14.2. The molecule has 0 heterocycles. The third kappa shape index (κ3) is 5.39. The van der Waals surface area contributed by atoms with Gasteiger partial charge in [-0.25, -0.2) is 4.39 Å². The van der Waals surface area contributed by atoms with Crippen LogP contribution in [0.25, 0.3) is 0 Å². The van der Waals surface area contributed by atoms with E-state index in [4.69, 9.17) is 17.3 Å². The molecule has 0 saturated carbocycles. The number of benzene rings is 1. The zero-order valence-corrected chi connectivity index (χ0v) is 12.9. The van der Waals surface area contributed by atoms with Gasteiger partial charge in [-0.1, -0.05) is 56.7 Å². The van der Waals surface area contributed by atoms with Gasteiger partial charge >= 0.3 is 0 Å². The van der Waals surface area contributed by atoms with Crippen LogP contribution in [0, 0.1) is 5.82 Å². The molecule has 114 valence electrons. The SMILES string of the molecule is CCCCCCCC(O)C(CN)c1ccc(F)cc1Cl. The third-order valence-corrected chi connectivity index (χ3v) is 4.01. The molecule has 1 rings (SSSR count). The van der Waals surface area contributed by atoms with Crippen LogP contribution in [0.5, 0.6) is 0 Å². The van der Waals surface area contributed by atoms with E-state index >= 15 is 0 Å². The smallest absolute Gasteiger partial charge is 0.124 e. The number of halogens is 2. The van der Waals surface area contributed by atoms with Crippen molar-refractivity contribution in [3.8, 4) is 0 Å². The van der Waals surface area contributed by atoms with Crippen molar-refractivity contribution in [2.75, 3.05) is 6.54 Å². The van der Waals surface area contributed by atoms with Gasteiger partial charge in [0.05, 0.1) is 6.10 Å². The molecule has 0 amide bonds. The summed E-state index contributed by atoms with van der Waals surface area (Å²) in [5.74, 6) is -0.599. The van der Waals surface area contributed by atoms with Gasteiger partial charge in [-0.05, 0) is 24.1 Å². The number of hydrogen-bond donors (Lipinski definition) is 2. The highest BCUT2D eigenvalue weighted by Crippen LogP contribution is 2.29. The molecule has 0 aliphatic heterocycles. The highest BCUT2D eigenvalue weighted by atomic mass is 35.5. The summed E-state index contributed by atoms with van der Waals surface area (Å²) in [6.45, 7) is 2.48. The van der Waals surface area contributed by atoms with E-state index in [9.17, 15) is 9.50 Å². The molecule has 2 unspecified atom stereocenters. The van der Waals surface area contributed by atoms with Crippen molar-refractivity contribution in [1.82, 2.24) is 0 Å². The molecule has 2 nitrogen and oxygen atoms in total. The van der Waals surface area contributed by atoms with Crippen molar-refractivity contribution in [2.45, 2.75) is 57.5 Å². The maximum Gasteiger partial charge on any atom is 0.124 e. The lowest BCUT2D eigenvalue weighted by Crippen LogP contribution is -2.26. The fourth-order valence-electron chi connectivity index (χ4n) is 2.45. The van der Waals surface area contributed by atoms with Gasteiger partial charge < -0.3 is 10.8 Å². The molecule has 0 aromatic heterocycles. The largest absolute Gasteiger partial charge is 0.392 e. The van der Waals surface area contributed by atoms with Gasteiger partial charge in [0.15, 0.2) is 0 Å². The van der Waals surface area contributed by atoms with Gasteiger partial charge in [-0.3, -0.25) is 0 Å². The average molecular weight is 302 g/mol. The topological polar surface area (TPSA) is 46.2 Å². The molecule has 0 radical (unpaired) electrons. The van der Waals surface area contributed by atoms with Gasteiger partial charge in [0.25, 0.3) is 0 Å². The second-order valence-electron chi connectivity index (χ2n) is 5.28. The first-order valence-electron chi connectivity index (χ1n) is 7.43. The Morgan fingerprint density at radius 3 is 2.55 bits per heavy atom. The lowest BCUT2D eigenvalue weighted by molar-refractivity contribution is 0.132. The van der Waals surface area contributed by atoms with E-state index < -0.39 is 6.10 Å². The molecule has 1 aromatic rings. The van der Waals surface area contributed by atoms with Crippen molar-refractivity contribution in [2.24, 2.45) is 5.73 Å². The van der Waals surface area contributed by atoms with Crippen LogP contribution in [0.4, 0.5) is 4.39 Å². The molecule has 20 heavy (non-hydrogen) atoms. The van der Waals surface area contributed by atoms with E-state index in [1.807, 2.05) is 0 Å². The fraction of sp³-hybridized carbons (Fsp3) is 0.625. The van der Waals surface area contributed by atoms with E-state index in [1.165, 1.54) is 31.4 Å². The van der Waals surface area contributed by atoms with Gasteiger partial charge in [0.1, 0.15) is 5.82 Å². The van der Waals surface area contributed by atoms with Crippen molar-refractivity contribution >= 4 is 11.6 Å². The van der Waals surface area contributed by atoms with E-state index in [2.05, 4.69) is 6.92 Å². The summed E-state index contributed by atoms with van der Waals surface area (Å²) in [5, 5.41) is 10.6. The minimum absolute atomic E-state index is 0.228. The first-order valence-corrected chi connectivity index (χ1v) is 7.81. The monoisotopic (exact) mass is 301 g/mol. The molecule has 4 heteroatoms. The van der Waals surface area contributed by atoms with Crippen LogP contribution in [0.2, 0.25) is 5.02 Å². The maximum absolute atomic E-state index is 13.1. The highest BCUT2D eigenvalue weighted by Gasteiger charge is 2.21. The molecule has 0 aliphatic rings.